The Kier molecular flexibility index (Phi) is 6.08. The summed E-state index contributed by atoms with van der Waals surface area (Å²) in [4.78, 5) is 18.1. The number of likely N-dealkylation sites (N-methyl/N-ethyl adjacent to an activating group) is 1. The first-order valence-electron chi connectivity index (χ1n) is 11.5. The fourth-order valence-electron chi connectivity index (χ4n) is 4.40. The molecular formula is C27H27N3O4S. The van der Waals surface area contributed by atoms with E-state index in [4.69, 9.17) is 4.74 Å². The number of benzene rings is 3. The number of para-hydroxylation sites is 1. The zero-order valence-corrected chi connectivity index (χ0v) is 20.5. The summed E-state index contributed by atoms with van der Waals surface area (Å²) in [5, 5.41) is 0.863. The molecule has 0 amide bonds. The van der Waals surface area contributed by atoms with E-state index in [2.05, 4.69) is 4.98 Å². The second-order valence-corrected chi connectivity index (χ2v) is 10.8. The van der Waals surface area contributed by atoms with Crippen LogP contribution in [-0.4, -0.2) is 37.9 Å². The van der Waals surface area contributed by atoms with Gasteiger partial charge in [0.25, 0.3) is 5.56 Å². The Balaban J connectivity index is 1.57. The molecule has 0 unspecified atom stereocenters. The second kappa shape index (κ2) is 9.20. The van der Waals surface area contributed by atoms with E-state index in [0.29, 0.717) is 17.9 Å². The van der Waals surface area contributed by atoms with Gasteiger partial charge in [0.05, 0.1) is 22.6 Å². The van der Waals surface area contributed by atoms with Gasteiger partial charge in [0, 0.05) is 31.8 Å². The number of rotatable bonds is 6. The van der Waals surface area contributed by atoms with Gasteiger partial charge in [-0.05, 0) is 41.6 Å². The molecule has 1 aliphatic rings. The Hall–Kier alpha value is -3.62. The van der Waals surface area contributed by atoms with Crippen LogP contribution in [0.15, 0.2) is 82.5 Å². The number of ether oxygens (including phenoxy) is 1. The Morgan fingerprint density at radius 3 is 2.60 bits per heavy atom. The highest BCUT2D eigenvalue weighted by molar-refractivity contribution is 7.89. The zero-order chi connectivity index (χ0) is 24.6. The van der Waals surface area contributed by atoms with Crippen molar-refractivity contribution in [3.05, 3.63) is 99.8 Å². The van der Waals surface area contributed by atoms with Crippen molar-refractivity contribution in [2.45, 2.75) is 24.9 Å². The zero-order valence-electron chi connectivity index (χ0n) is 19.7. The van der Waals surface area contributed by atoms with Gasteiger partial charge in [-0.1, -0.05) is 48.5 Å². The highest BCUT2D eigenvalue weighted by Crippen LogP contribution is 2.34. The molecule has 7 nitrogen and oxygen atoms in total. The summed E-state index contributed by atoms with van der Waals surface area (Å²) in [6.07, 6.45) is 0. The molecule has 2 heterocycles. The number of fused-ring (bicyclic) bond motifs is 2. The first-order valence-corrected chi connectivity index (χ1v) is 12.9. The van der Waals surface area contributed by atoms with Gasteiger partial charge in [-0.15, -0.1) is 0 Å². The SMILES string of the molecule is Cc1cccc2cc(CN(Cc3ccccc3)S(=O)(=O)c3ccc4c(c3)OCCN4C)c(=O)[nH]c12. The maximum atomic E-state index is 13.9. The number of nitrogens with one attached hydrogen (secondary N) is 1. The van der Waals surface area contributed by atoms with Crippen molar-refractivity contribution < 1.29 is 13.2 Å². The number of aromatic nitrogens is 1. The smallest absolute Gasteiger partial charge is 0.252 e. The minimum atomic E-state index is -3.94. The third-order valence-electron chi connectivity index (χ3n) is 6.38. The predicted octanol–water partition coefficient (Wildman–Crippen LogP) is 4.06. The quantitative estimate of drug-likeness (QED) is 0.442. The van der Waals surface area contributed by atoms with E-state index in [1.165, 1.54) is 4.31 Å². The number of H-pyrrole nitrogens is 1. The molecule has 1 aromatic heterocycles. The lowest BCUT2D eigenvalue weighted by atomic mass is 10.1. The molecule has 0 spiro atoms. The van der Waals surface area contributed by atoms with E-state index in [-0.39, 0.29) is 23.5 Å². The first kappa shape index (κ1) is 23.1. The summed E-state index contributed by atoms with van der Waals surface area (Å²) in [5.74, 6) is 0.540. The van der Waals surface area contributed by atoms with Crippen molar-refractivity contribution in [2.24, 2.45) is 0 Å². The number of nitrogens with zero attached hydrogens (tertiary/aromatic N) is 2. The molecule has 180 valence electrons. The summed E-state index contributed by atoms with van der Waals surface area (Å²) in [6.45, 7) is 3.23. The lowest BCUT2D eigenvalue weighted by Gasteiger charge is -2.28. The summed E-state index contributed by atoms with van der Waals surface area (Å²) >= 11 is 0. The Labute approximate surface area is 204 Å². The molecule has 4 aromatic rings. The highest BCUT2D eigenvalue weighted by Gasteiger charge is 2.28. The van der Waals surface area contributed by atoms with Gasteiger partial charge in [0.2, 0.25) is 10.0 Å². The van der Waals surface area contributed by atoms with Gasteiger partial charge in [-0.25, -0.2) is 8.42 Å². The number of aromatic amines is 1. The minimum Gasteiger partial charge on any atom is -0.490 e. The van der Waals surface area contributed by atoms with Crippen LogP contribution < -0.4 is 15.2 Å². The third-order valence-corrected chi connectivity index (χ3v) is 8.17. The van der Waals surface area contributed by atoms with Crippen molar-refractivity contribution in [3.63, 3.8) is 0 Å². The summed E-state index contributed by atoms with van der Waals surface area (Å²) in [5.41, 5.74) is 3.49. The molecule has 0 atom stereocenters. The predicted molar refractivity (Wildman–Crippen MR) is 137 cm³/mol. The van der Waals surface area contributed by atoms with Crippen LogP contribution in [0.2, 0.25) is 0 Å². The minimum absolute atomic E-state index is 0.0612. The van der Waals surface area contributed by atoms with Crippen LogP contribution in [0.4, 0.5) is 5.69 Å². The number of hydrogen-bond acceptors (Lipinski definition) is 5. The molecule has 5 rings (SSSR count). The standard InChI is InChI=1S/C27H27N3O4S/c1-19-7-6-10-21-15-22(27(31)28-26(19)21)18-30(17-20-8-4-3-5-9-20)35(32,33)23-11-12-24-25(16-23)34-14-13-29(24)2/h3-12,15-16H,13-14,17-18H2,1-2H3,(H,28,31). The monoisotopic (exact) mass is 489 g/mol. The van der Waals surface area contributed by atoms with Crippen LogP contribution in [-0.2, 0) is 23.1 Å². The molecule has 0 saturated heterocycles. The maximum absolute atomic E-state index is 13.9. The second-order valence-electron chi connectivity index (χ2n) is 8.82. The van der Waals surface area contributed by atoms with Gasteiger partial charge >= 0.3 is 0 Å². The number of hydrogen-bond donors (Lipinski definition) is 1. The summed E-state index contributed by atoms with van der Waals surface area (Å²) < 4.78 is 34.9. The van der Waals surface area contributed by atoms with Crippen molar-refractivity contribution >= 4 is 26.6 Å². The lowest BCUT2D eigenvalue weighted by Crippen LogP contribution is -2.33. The summed E-state index contributed by atoms with van der Waals surface area (Å²) in [7, 11) is -2.00. The molecule has 0 saturated carbocycles. The third kappa shape index (κ3) is 4.54. The van der Waals surface area contributed by atoms with Crippen LogP contribution in [0.5, 0.6) is 5.75 Å². The average molecular weight is 490 g/mol. The van der Waals surface area contributed by atoms with Gasteiger partial charge < -0.3 is 14.6 Å². The summed E-state index contributed by atoms with van der Waals surface area (Å²) in [6, 6.07) is 21.9. The topological polar surface area (TPSA) is 82.7 Å². The molecule has 35 heavy (non-hydrogen) atoms. The molecule has 0 fully saturated rings. The van der Waals surface area contributed by atoms with E-state index >= 15 is 0 Å². The Bertz CT molecular complexity index is 1550. The van der Waals surface area contributed by atoms with Crippen molar-refractivity contribution in [3.8, 4) is 5.75 Å². The molecule has 8 heteroatoms. The maximum Gasteiger partial charge on any atom is 0.252 e. The molecular weight excluding hydrogens is 462 g/mol. The van der Waals surface area contributed by atoms with Gasteiger partial charge in [0.1, 0.15) is 12.4 Å². The van der Waals surface area contributed by atoms with Gasteiger partial charge in [-0.3, -0.25) is 4.79 Å². The number of pyridine rings is 1. The van der Waals surface area contributed by atoms with E-state index in [1.807, 2.05) is 67.4 Å². The number of aryl methyl sites for hydroxylation is 1. The van der Waals surface area contributed by atoms with Crippen LogP contribution in [0.25, 0.3) is 10.9 Å². The fraction of sp³-hybridized carbons (Fsp3) is 0.222. The number of anilines is 1. The highest BCUT2D eigenvalue weighted by atomic mass is 32.2. The van der Waals surface area contributed by atoms with Crippen LogP contribution >= 0.6 is 0 Å². The lowest BCUT2D eigenvalue weighted by molar-refractivity contribution is 0.310. The van der Waals surface area contributed by atoms with Crippen LogP contribution in [0.3, 0.4) is 0 Å². The van der Waals surface area contributed by atoms with E-state index < -0.39 is 10.0 Å². The molecule has 0 radical (unpaired) electrons. The normalized spacial score (nSPS) is 13.6. The van der Waals surface area contributed by atoms with Gasteiger partial charge in [-0.2, -0.15) is 4.31 Å². The van der Waals surface area contributed by atoms with Crippen molar-refractivity contribution in [2.75, 3.05) is 25.1 Å². The molecule has 0 bridgehead atoms. The Morgan fingerprint density at radius 1 is 1.00 bits per heavy atom. The van der Waals surface area contributed by atoms with Gasteiger partial charge in [0.15, 0.2) is 0 Å². The van der Waals surface area contributed by atoms with E-state index in [9.17, 15) is 13.2 Å². The van der Waals surface area contributed by atoms with Crippen molar-refractivity contribution in [1.82, 2.24) is 9.29 Å². The molecule has 1 N–H and O–H groups in total. The first-order chi connectivity index (χ1) is 16.8. The van der Waals surface area contributed by atoms with Crippen LogP contribution in [0, 0.1) is 6.92 Å². The van der Waals surface area contributed by atoms with E-state index in [1.54, 1.807) is 24.3 Å². The van der Waals surface area contributed by atoms with E-state index in [0.717, 1.165) is 34.3 Å². The van der Waals surface area contributed by atoms with Crippen molar-refractivity contribution in [1.29, 1.82) is 0 Å². The largest absolute Gasteiger partial charge is 0.490 e. The molecule has 3 aromatic carbocycles. The molecule has 1 aliphatic heterocycles. The average Bonchev–Trinajstić information content (AvgIpc) is 2.85. The fourth-order valence-corrected chi connectivity index (χ4v) is 5.82. The Morgan fingerprint density at radius 2 is 1.80 bits per heavy atom. The number of sulfonamides is 1. The molecule has 0 aliphatic carbocycles. The van der Waals surface area contributed by atoms with Crippen LogP contribution in [0.1, 0.15) is 16.7 Å².